The van der Waals surface area contributed by atoms with Crippen LogP contribution in [0.3, 0.4) is 0 Å². The summed E-state index contributed by atoms with van der Waals surface area (Å²) in [4.78, 5) is 16.4. The summed E-state index contributed by atoms with van der Waals surface area (Å²) in [5, 5.41) is 0. The minimum absolute atomic E-state index is 0.321. The number of carbonyl (C=O) groups is 1. The molecule has 4 nitrogen and oxygen atoms in total. The number of hydrogen-bond acceptors (Lipinski definition) is 3. The summed E-state index contributed by atoms with van der Waals surface area (Å²) >= 11 is 0. The molecular formula is C19H17FN2O2. The predicted octanol–water partition coefficient (Wildman–Crippen LogP) is 4.16. The zero-order chi connectivity index (χ0) is 17.1. The molecule has 2 heterocycles. The van der Waals surface area contributed by atoms with E-state index < -0.39 is 5.97 Å². The second-order valence-corrected chi connectivity index (χ2v) is 5.29. The van der Waals surface area contributed by atoms with Crippen molar-refractivity contribution in [2.45, 2.75) is 13.5 Å². The summed E-state index contributed by atoms with van der Waals surface area (Å²) in [7, 11) is 1.36. The number of halogens is 1. The average Bonchev–Trinajstić information content (AvgIpc) is 3.02. The summed E-state index contributed by atoms with van der Waals surface area (Å²) in [6.07, 6.45) is 5.32. The molecule has 24 heavy (non-hydrogen) atoms. The predicted molar refractivity (Wildman–Crippen MR) is 90.1 cm³/mol. The molecule has 0 atom stereocenters. The number of nitrogens with zero attached hydrogens (tertiary/aromatic N) is 2. The van der Waals surface area contributed by atoms with Crippen molar-refractivity contribution in [3.63, 3.8) is 0 Å². The number of carbonyl (C=O) groups excluding carboxylic acids is 1. The van der Waals surface area contributed by atoms with E-state index in [1.807, 2.05) is 29.8 Å². The fourth-order valence-electron chi connectivity index (χ4n) is 2.78. The number of benzene rings is 1. The summed E-state index contributed by atoms with van der Waals surface area (Å²) in [5.74, 6) is -0.741. The highest BCUT2D eigenvalue weighted by Crippen LogP contribution is 2.37. The molecular weight excluding hydrogens is 307 g/mol. The first kappa shape index (κ1) is 15.9. The zero-order valence-electron chi connectivity index (χ0n) is 13.5. The smallest absolute Gasteiger partial charge is 0.355 e. The topological polar surface area (TPSA) is 44.1 Å². The molecule has 0 radical (unpaired) electrons. The van der Waals surface area contributed by atoms with Crippen LogP contribution in [0.1, 0.15) is 17.4 Å². The van der Waals surface area contributed by atoms with Gasteiger partial charge in [-0.15, -0.1) is 0 Å². The number of pyridine rings is 1. The Morgan fingerprint density at radius 2 is 1.79 bits per heavy atom. The summed E-state index contributed by atoms with van der Waals surface area (Å²) < 4.78 is 20.1. The van der Waals surface area contributed by atoms with Crippen LogP contribution in [0.2, 0.25) is 0 Å². The van der Waals surface area contributed by atoms with Crippen LogP contribution < -0.4 is 0 Å². The maximum Gasteiger partial charge on any atom is 0.355 e. The summed E-state index contributed by atoms with van der Waals surface area (Å²) in [5.41, 5.74) is 3.76. The van der Waals surface area contributed by atoms with Gasteiger partial charge in [-0.1, -0.05) is 12.1 Å². The number of methoxy groups -OCH3 is 1. The second kappa shape index (κ2) is 6.66. The van der Waals surface area contributed by atoms with Gasteiger partial charge in [0.1, 0.15) is 11.5 Å². The Labute approximate surface area is 139 Å². The van der Waals surface area contributed by atoms with Gasteiger partial charge < -0.3 is 9.30 Å². The van der Waals surface area contributed by atoms with E-state index in [-0.39, 0.29) is 5.82 Å². The SMILES string of the molecule is CCn1cc(-c2ccncc2)c(-c2ccc(F)cc2)c1C(=O)OC. The number of esters is 1. The molecule has 0 spiro atoms. The molecule has 0 aliphatic rings. The van der Waals surface area contributed by atoms with Crippen LogP contribution in [0.4, 0.5) is 4.39 Å². The third-order valence-electron chi connectivity index (χ3n) is 3.92. The monoisotopic (exact) mass is 324 g/mol. The van der Waals surface area contributed by atoms with Gasteiger partial charge in [0.25, 0.3) is 0 Å². The number of aromatic nitrogens is 2. The first-order valence-electron chi connectivity index (χ1n) is 7.63. The van der Waals surface area contributed by atoms with Crippen molar-refractivity contribution in [3.05, 3.63) is 66.5 Å². The van der Waals surface area contributed by atoms with Crippen LogP contribution in [0.5, 0.6) is 0 Å². The molecule has 122 valence electrons. The minimum Gasteiger partial charge on any atom is -0.464 e. The van der Waals surface area contributed by atoms with Crippen LogP contribution in [-0.2, 0) is 11.3 Å². The lowest BCUT2D eigenvalue weighted by Crippen LogP contribution is -2.10. The van der Waals surface area contributed by atoms with E-state index in [4.69, 9.17) is 4.74 Å². The van der Waals surface area contributed by atoms with Crippen LogP contribution in [0, 0.1) is 5.82 Å². The molecule has 5 heteroatoms. The third-order valence-corrected chi connectivity index (χ3v) is 3.92. The van der Waals surface area contributed by atoms with Crippen molar-refractivity contribution in [1.29, 1.82) is 0 Å². The molecule has 3 aromatic rings. The molecule has 3 rings (SSSR count). The molecule has 2 aromatic heterocycles. The van der Waals surface area contributed by atoms with Crippen molar-refractivity contribution < 1.29 is 13.9 Å². The van der Waals surface area contributed by atoms with Gasteiger partial charge in [0.05, 0.1) is 7.11 Å². The molecule has 0 N–H and O–H groups in total. The van der Waals surface area contributed by atoms with Crippen LogP contribution in [0.15, 0.2) is 55.0 Å². The second-order valence-electron chi connectivity index (χ2n) is 5.29. The molecule has 1 aromatic carbocycles. The van der Waals surface area contributed by atoms with Gasteiger partial charge >= 0.3 is 5.97 Å². The number of rotatable bonds is 4. The van der Waals surface area contributed by atoms with Crippen LogP contribution >= 0.6 is 0 Å². The highest BCUT2D eigenvalue weighted by atomic mass is 19.1. The number of ether oxygens (including phenoxy) is 1. The Bertz CT molecular complexity index is 855. The summed E-state index contributed by atoms with van der Waals surface area (Å²) in [6.45, 7) is 2.57. The number of aryl methyl sites for hydroxylation is 1. The zero-order valence-corrected chi connectivity index (χ0v) is 13.5. The lowest BCUT2D eigenvalue weighted by Gasteiger charge is -2.09. The van der Waals surface area contributed by atoms with E-state index in [1.165, 1.54) is 19.2 Å². The fraction of sp³-hybridized carbons (Fsp3) is 0.158. The molecule has 0 aliphatic heterocycles. The van der Waals surface area contributed by atoms with Crippen LogP contribution in [0.25, 0.3) is 22.3 Å². The third kappa shape index (κ3) is 2.80. The van der Waals surface area contributed by atoms with Crippen molar-refractivity contribution in [3.8, 4) is 22.3 Å². The molecule has 0 amide bonds. The van der Waals surface area contributed by atoms with E-state index >= 15 is 0 Å². The van der Waals surface area contributed by atoms with E-state index in [1.54, 1.807) is 24.5 Å². The van der Waals surface area contributed by atoms with Crippen LogP contribution in [-0.4, -0.2) is 22.6 Å². The van der Waals surface area contributed by atoms with E-state index in [0.717, 1.165) is 22.3 Å². The molecule has 0 unspecified atom stereocenters. The van der Waals surface area contributed by atoms with Crippen molar-refractivity contribution in [1.82, 2.24) is 9.55 Å². The van der Waals surface area contributed by atoms with Gasteiger partial charge in [-0.25, -0.2) is 9.18 Å². The van der Waals surface area contributed by atoms with E-state index in [9.17, 15) is 9.18 Å². The average molecular weight is 324 g/mol. The largest absolute Gasteiger partial charge is 0.464 e. The van der Waals surface area contributed by atoms with E-state index in [2.05, 4.69) is 4.98 Å². The number of hydrogen-bond donors (Lipinski definition) is 0. The van der Waals surface area contributed by atoms with E-state index in [0.29, 0.717) is 12.2 Å². The summed E-state index contributed by atoms with van der Waals surface area (Å²) in [6, 6.07) is 9.86. The van der Waals surface area contributed by atoms with Crippen molar-refractivity contribution in [2.75, 3.05) is 7.11 Å². The molecule has 0 aliphatic carbocycles. The molecule has 0 fully saturated rings. The van der Waals surface area contributed by atoms with Gasteiger partial charge in [-0.3, -0.25) is 4.98 Å². The Morgan fingerprint density at radius 1 is 1.12 bits per heavy atom. The van der Waals surface area contributed by atoms with Gasteiger partial charge in [-0.2, -0.15) is 0 Å². The highest BCUT2D eigenvalue weighted by Gasteiger charge is 2.24. The standard InChI is InChI=1S/C19H17FN2O2/c1-3-22-12-16(13-8-10-21-11-9-13)17(18(22)19(23)24-2)14-4-6-15(20)7-5-14/h4-12H,3H2,1-2H3. The first-order chi connectivity index (χ1) is 11.7. The quantitative estimate of drug-likeness (QED) is 0.677. The molecule has 0 bridgehead atoms. The van der Waals surface area contributed by atoms with Gasteiger partial charge in [0, 0.05) is 36.3 Å². The fourth-order valence-corrected chi connectivity index (χ4v) is 2.78. The van der Waals surface area contributed by atoms with Crippen molar-refractivity contribution in [2.24, 2.45) is 0 Å². The van der Waals surface area contributed by atoms with Gasteiger partial charge in [0.2, 0.25) is 0 Å². The Hall–Kier alpha value is -2.95. The highest BCUT2D eigenvalue weighted by molar-refractivity contribution is 6.01. The Morgan fingerprint density at radius 3 is 2.38 bits per heavy atom. The minimum atomic E-state index is -0.420. The molecule has 0 saturated carbocycles. The Balaban J connectivity index is 2.31. The van der Waals surface area contributed by atoms with Gasteiger partial charge in [0.15, 0.2) is 0 Å². The maximum absolute atomic E-state index is 13.3. The normalized spacial score (nSPS) is 10.6. The van der Waals surface area contributed by atoms with Crippen molar-refractivity contribution >= 4 is 5.97 Å². The van der Waals surface area contributed by atoms with Gasteiger partial charge in [-0.05, 0) is 42.3 Å². The molecule has 0 saturated heterocycles. The first-order valence-corrected chi connectivity index (χ1v) is 7.63. The lowest BCUT2D eigenvalue weighted by atomic mass is 9.97. The maximum atomic E-state index is 13.3. The Kier molecular flexibility index (Phi) is 4.42. The lowest BCUT2D eigenvalue weighted by molar-refractivity contribution is 0.0589.